The summed E-state index contributed by atoms with van der Waals surface area (Å²) in [7, 11) is 0. The summed E-state index contributed by atoms with van der Waals surface area (Å²) >= 11 is 0. The van der Waals surface area contributed by atoms with Gasteiger partial charge in [0, 0.05) is 0 Å². The quantitative estimate of drug-likeness (QED) is 0.260. The molecule has 0 aromatic heterocycles. The second-order valence-corrected chi connectivity index (χ2v) is 5.37. The molecule has 2 rings (SSSR count). The molecular weight excluding hydrogens is 304 g/mol. The van der Waals surface area contributed by atoms with Gasteiger partial charge in [-0.05, 0) is 0 Å². The number of hydrogen-bond donors (Lipinski definition) is 7. The Labute approximate surface area is 126 Å². The Morgan fingerprint density at radius 3 is 1.73 bits per heavy atom. The van der Waals surface area contributed by atoms with Crippen LogP contribution in [0, 0.1) is 0 Å². The van der Waals surface area contributed by atoms with Crippen molar-refractivity contribution in [3.8, 4) is 0 Å². The van der Waals surface area contributed by atoms with E-state index in [9.17, 15) is 25.5 Å². The molecule has 0 saturated carbocycles. The Balaban J connectivity index is 2.07. The van der Waals surface area contributed by atoms with Gasteiger partial charge >= 0.3 is 0 Å². The summed E-state index contributed by atoms with van der Waals surface area (Å²) in [5.41, 5.74) is 0. The molecule has 2 fully saturated rings. The van der Waals surface area contributed by atoms with Gasteiger partial charge < -0.3 is 50.0 Å². The van der Waals surface area contributed by atoms with Crippen molar-refractivity contribution in [1.29, 1.82) is 0 Å². The number of rotatable bonds is 5. The fourth-order valence-electron chi connectivity index (χ4n) is 2.61. The van der Waals surface area contributed by atoms with Crippen LogP contribution in [0.15, 0.2) is 0 Å². The third-order valence-electron chi connectivity index (χ3n) is 3.93. The van der Waals surface area contributed by atoms with Gasteiger partial charge in [0.15, 0.2) is 6.29 Å². The fourth-order valence-corrected chi connectivity index (χ4v) is 2.61. The van der Waals surface area contributed by atoms with E-state index in [0.29, 0.717) is 0 Å². The molecule has 2 saturated heterocycles. The highest BCUT2D eigenvalue weighted by Gasteiger charge is 2.50. The van der Waals surface area contributed by atoms with Crippen molar-refractivity contribution in [1.82, 2.24) is 0 Å². The van der Waals surface area contributed by atoms with Crippen LogP contribution in [-0.2, 0) is 14.2 Å². The van der Waals surface area contributed by atoms with E-state index in [-0.39, 0.29) is 0 Å². The first kappa shape index (κ1) is 17.9. The van der Waals surface area contributed by atoms with Gasteiger partial charge in [0.1, 0.15) is 48.8 Å². The van der Waals surface area contributed by atoms with E-state index in [4.69, 9.17) is 24.4 Å². The molecule has 9 atom stereocenters. The summed E-state index contributed by atoms with van der Waals surface area (Å²) in [6.45, 7) is -1.61. The molecule has 0 aliphatic carbocycles. The summed E-state index contributed by atoms with van der Waals surface area (Å²) < 4.78 is 15.7. The normalized spacial score (nSPS) is 49.5. The van der Waals surface area contributed by atoms with E-state index in [2.05, 4.69) is 0 Å². The molecule has 0 amide bonds. The van der Waals surface area contributed by atoms with E-state index in [0.717, 1.165) is 0 Å². The maximum Gasteiger partial charge on any atom is 0.187 e. The van der Waals surface area contributed by atoms with Crippen LogP contribution in [0.5, 0.6) is 0 Å². The summed E-state index contributed by atoms with van der Waals surface area (Å²) in [6.07, 6.45) is -11.7. The molecule has 2 aliphatic rings. The first-order valence-electron chi connectivity index (χ1n) is 6.95. The van der Waals surface area contributed by atoms with Crippen LogP contribution in [0.4, 0.5) is 0 Å². The molecule has 2 aliphatic heterocycles. The Morgan fingerprint density at radius 2 is 1.18 bits per heavy atom. The molecule has 0 aromatic rings. The second-order valence-electron chi connectivity index (χ2n) is 5.37. The van der Waals surface area contributed by atoms with Crippen LogP contribution >= 0.6 is 0 Å². The molecule has 0 bridgehead atoms. The van der Waals surface area contributed by atoms with Gasteiger partial charge in [-0.25, -0.2) is 0 Å². The van der Waals surface area contributed by atoms with Gasteiger partial charge in [0.2, 0.25) is 0 Å². The third kappa shape index (κ3) is 3.26. The SMILES string of the molecule is OC[C@@H]1O[C@H](CO)[C@@H](O)[C@@H]1O[C@@H]1O[C@H](CO)[C@@H](O)[C@H](O)[C@H]1O. The Morgan fingerprint density at radius 1 is 0.636 bits per heavy atom. The molecular formula is C12H22O10. The highest BCUT2D eigenvalue weighted by Crippen LogP contribution is 2.29. The lowest BCUT2D eigenvalue weighted by Crippen LogP contribution is -2.60. The van der Waals surface area contributed by atoms with Crippen molar-refractivity contribution >= 4 is 0 Å². The van der Waals surface area contributed by atoms with Crippen molar-refractivity contribution in [3.63, 3.8) is 0 Å². The highest BCUT2D eigenvalue weighted by atomic mass is 16.7. The van der Waals surface area contributed by atoms with Crippen LogP contribution in [0.1, 0.15) is 0 Å². The van der Waals surface area contributed by atoms with Crippen LogP contribution in [0.3, 0.4) is 0 Å². The topological polar surface area (TPSA) is 169 Å². The van der Waals surface area contributed by atoms with Crippen molar-refractivity contribution < 1.29 is 50.0 Å². The lowest BCUT2D eigenvalue weighted by atomic mass is 9.99. The lowest BCUT2D eigenvalue weighted by molar-refractivity contribution is -0.318. The van der Waals surface area contributed by atoms with E-state index in [1.165, 1.54) is 0 Å². The smallest absolute Gasteiger partial charge is 0.187 e. The van der Waals surface area contributed by atoms with Crippen LogP contribution in [0.25, 0.3) is 0 Å². The molecule has 22 heavy (non-hydrogen) atoms. The largest absolute Gasteiger partial charge is 0.394 e. The summed E-state index contributed by atoms with van der Waals surface area (Å²) in [5, 5.41) is 66.6. The maximum absolute atomic E-state index is 9.99. The average molecular weight is 326 g/mol. The van der Waals surface area contributed by atoms with E-state index in [1.54, 1.807) is 0 Å². The van der Waals surface area contributed by atoms with E-state index >= 15 is 0 Å². The minimum atomic E-state index is -1.63. The van der Waals surface area contributed by atoms with Crippen molar-refractivity contribution in [3.05, 3.63) is 0 Å². The monoisotopic (exact) mass is 326 g/mol. The first-order valence-corrected chi connectivity index (χ1v) is 6.95. The van der Waals surface area contributed by atoms with Gasteiger partial charge in [-0.3, -0.25) is 0 Å². The molecule has 2 heterocycles. The third-order valence-corrected chi connectivity index (χ3v) is 3.93. The second kappa shape index (κ2) is 7.45. The minimum absolute atomic E-state index is 0.494. The molecule has 10 heteroatoms. The highest BCUT2D eigenvalue weighted by molar-refractivity contribution is 4.94. The summed E-state index contributed by atoms with van der Waals surface area (Å²) in [4.78, 5) is 0. The molecule has 0 radical (unpaired) electrons. The zero-order valence-corrected chi connectivity index (χ0v) is 11.7. The molecule has 0 aromatic carbocycles. The molecule has 0 unspecified atom stereocenters. The number of ether oxygens (including phenoxy) is 3. The average Bonchev–Trinajstić information content (AvgIpc) is 2.83. The van der Waals surface area contributed by atoms with Gasteiger partial charge in [-0.1, -0.05) is 0 Å². The standard InChI is InChI=1S/C12H22O10/c13-1-4-7(16)9(18)10(19)12(21-4)22-11-6(3-15)20-5(2-14)8(11)17/h4-19H,1-3H2/t4-,5-,6+,7-,8-,9+,10-,11-,12+/m1/s1. The minimum Gasteiger partial charge on any atom is -0.394 e. The van der Waals surface area contributed by atoms with Gasteiger partial charge in [0.05, 0.1) is 19.8 Å². The zero-order valence-electron chi connectivity index (χ0n) is 11.7. The van der Waals surface area contributed by atoms with Crippen molar-refractivity contribution in [2.75, 3.05) is 19.8 Å². The van der Waals surface area contributed by atoms with Gasteiger partial charge in [-0.15, -0.1) is 0 Å². The Bertz CT molecular complexity index is 351. The summed E-state index contributed by atoms with van der Waals surface area (Å²) in [6, 6.07) is 0. The number of hydrogen-bond acceptors (Lipinski definition) is 10. The Hall–Kier alpha value is -0.400. The number of aliphatic hydroxyl groups excluding tert-OH is 7. The molecule has 7 N–H and O–H groups in total. The van der Waals surface area contributed by atoms with E-state index in [1.807, 2.05) is 0 Å². The van der Waals surface area contributed by atoms with Gasteiger partial charge in [0.25, 0.3) is 0 Å². The van der Waals surface area contributed by atoms with Crippen LogP contribution in [0.2, 0.25) is 0 Å². The van der Waals surface area contributed by atoms with E-state index < -0.39 is 74.9 Å². The number of aliphatic hydroxyl groups is 7. The fraction of sp³-hybridized carbons (Fsp3) is 1.00. The lowest BCUT2D eigenvalue weighted by Gasteiger charge is -2.41. The van der Waals surface area contributed by atoms with Crippen LogP contribution in [-0.4, -0.2) is 111 Å². The summed E-state index contributed by atoms with van der Waals surface area (Å²) in [5.74, 6) is 0. The molecule has 0 spiro atoms. The predicted octanol–water partition coefficient (Wildman–Crippen LogP) is -4.72. The van der Waals surface area contributed by atoms with Crippen LogP contribution < -0.4 is 0 Å². The molecule has 130 valence electrons. The van der Waals surface area contributed by atoms with Crippen molar-refractivity contribution in [2.24, 2.45) is 0 Å². The van der Waals surface area contributed by atoms with Crippen molar-refractivity contribution in [2.45, 2.75) is 55.1 Å². The predicted molar refractivity (Wildman–Crippen MR) is 67.5 cm³/mol. The van der Waals surface area contributed by atoms with Gasteiger partial charge in [-0.2, -0.15) is 0 Å². The first-order chi connectivity index (χ1) is 10.4. The Kier molecular flexibility index (Phi) is 6.07. The maximum atomic E-state index is 9.99. The molecule has 10 nitrogen and oxygen atoms in total. The zero-order chi connectivity index (χ0) is 16.4.